The van der Waals surface area contributed by atoms with Gasteiger partial charge in [-0.25, -0.2) is 9.00 Å². The van der Waals surface area contributed by atoms with Crippen LogP contribution < -0.4 is 4.72 Å². The van der Waals surface area contributed by atoms with E-state index in [0.717, 1.165) is 0 Å². The smallest absolute Gasteiger partial charge is 0.335 e. The highest BCUT2D eigenvalue weighted by molar-refractivity contribution is 7.86. The Morgan fingerprint density at radius 2 is 2.20 bits per heavy atom. The number of aromatic carboxylic acids is 1. The zero-order valence-corrected chi connectivity index (χ0v) is 9.56. The molecule has 1 rings (SSSR count). The number of anilines is 1. The number of rotatable bonds is 4. The van der Waals surface area contributed by atoms with Gasteiger partial charge in [-0.05, 0) is 18.2 Å². The number of hydrogen-bond donors (Lipinski definition) is 2. The van der Waals surface area contributed by atoms with E-state index < -0.39 is 17.0 Å². The van der Waals surface area contributed by atoms with E-state index in [1.165, 1.54) is 18.2 Å². The summed E-state index contributed by atoms with van der Waals surface area (Å²) in [6.07, 6.45) is 0. The Morgan fingerprint density at radius 3 is 2.73 bits per heavy atom. The van der Waals surface area contributed by atoms with Gasteiger partial charge in [0, 0.05) is 16.5 Å². The minimum Gasteiger partial charge on any atom is -0.478 e. The maximum absolute atomic E-state index is 11.2. The number of hydrogen-bond acceptors (Lipinski definition) is 2. The van der Waals surface area contributed by atoms with Crippen molar-refractivity contribution in [3.05, 3.63) is 28.8 Å². The highest BCUT2D eigenvalue weighted by atomic mass is 35.5. The minimum absolute atomic E-state index is 0.0677. The summed E-state index contributed by atoms with van der Waals surface area (Å²) in [4.78, 5) is 10.7. The summed E-state index contributed by atoms with van der Waals surface area (Å²) in [5, 5.41) is 9.06. The molecule has 0 fully saturated rings. The normalized spacial score (nSPS) is 12.1. The summed E-state index contributed by atoms with van der Waals surface area (Å²) in [6, 6.07) is 4.26. The van der Waals surface area contributed by atoms with E-state index in [-0.39, 0.29) is 5.56 Å². The highest BCUT2D eigenvalue weighted by Crippen LogP contribution is 2.19. The first-order valence-corrected chi connectivity index (χ1v) is 5.91. The molecule has 0 saturated carbocycles. The van der Waals surface area contributed by atoms with Crippen molar-refractivity contribution in [2.24, 2.45) is 0 Å². The Kier molecular flexibility index (Phi) is 4.11. The molecule has 1 aromatic rings. The lowest BCUT2D eigenvalue weighted by atomic mass is 10.2. The van der Waals surface area contributed by atoms with Crippen LogP contribution in [0.5, 0.6) is 0 Å². The third-order valence-electron chi connectivity index (χ3n) is 1.64. The van der Waals surface area contributed by atoms with Gasteiger partial charge < -0.3 is 9.83 Å². The Labute approximate surface area is 94.8 Å². The standard InChI is InChI=1S/C9H10ClNO3S/c1-2-15(14)11-8-4-6(9(12)13)3-7(10)5-8/h3-5,11H,2H2,1H3,(H,12,13). The molecule has 6 heteroatoms. The molecule has 0 amide bonds. The van der Waals surface area contributed by atoms with Gasteiger partial charge in [-0.3, -0.25) is 0 Å². The average molecular weight is 248 g/mol. The van der Waals surface area contributed by atoms with Gasteiger partial charge in [0.2, 0.25) is 0 Å². The molecule has 0 radical (unpaired) electrons. The van der Waals surface area contributed by atoms with Crippen LogP contribution in [0.25, 0.3) is 0 Å². The lowest BCUT2D eigenvalue weighted by Gasteiger charge is -2.05. The predicted molar refractivity (Wildman–Crippen MR) is 60.7 cm³/mol. The SMILES string of the molecule is CCS(=O)Nc1cc(Cl)cc(C(=O)O)c1. The second kappa shape index (κ2) is 5.14. The first-order chi connectivity index (χ1) is 7.02. The highest BCUT2D eigenvalue weighted by Gasteiger charge is 2.07. The molecule has 1 unspecified atom stereocenters. The molecule has 0 aliphatic rings. The van der Waals surface area contributed by atoms with E-state index in [1.807, 2.05) is 0 Å². The van der Waals surface area contributed by atoms with Crippen LogP contribution in [0.15, 0.2) is 18.2 Å². The third kappa shape index (κ3) is 3.53. The maximum Gasteiger partial charge on any atom is 0.335 e. The van der Waals surface area contributed by atoms with Crippen molar-refractivity contribution in [1.29, 1.82) is 0 Å². The molecule has 2 N–H and O–H groups in total. The van der Waals surface area contributed by atoms with Gasteiger partial charge in [-0.1, -0.05) is 18.5 Å². The van der Waals surface area contributed by atoms with Gasteiger partial charge in [0.05, 0.1) is 5.56 Å². The summed E-state index contributed by atoms with van der Waals surface area (Å²) in [6.45, 7) is 1.76. The first-order valence-electron chi connectivity index (χ1n) is 4.22. The fourth-order valence-electron chi connectivity index (χ4n) is 0.976. The number of halogens is 1. The fraction of sp³-hybridized carbons (Fsp3) is 0.222. The Balaban J connectivity index is 2.98. The molecule has 15 heavy (non-hydrogen) atoms. The van der Waals surface area contributed by atoms with Crippen LogP contribution >= 0.6 is 11.6 Å². The van der Waals surface area contributed by atoms with Crippen molar-refractivity contribution >= 4 is 34.2 Å². The zero-order valence-electron chi connectivity index (χ0n) is 7.99. The molecule has 0 aliphatic heterocycles. The zero-order chi connectivity index (χ0) is 11.4. The lowest BCUT2D eigenvalue weighted by molar-refractivity contribution is 0.0697. The van der Waals surface area contributed by atoms with Crippen LogP contribution in [-0.2, 0) is 11.0 Å². The summed E-state index contributed by atoms with van der Waals surface area (Å²) in [5.74, 6) is -0.627. The maximum atomic E-state index is 11.2. The molecule has 0 heterocycles. The van der Waals surface area contributed by atoms with Crippen molar-refractivity contribution in [3.63, 3.8) is 0 Å². The number of nitrogens with one attached hydrogen (secondary N) is 1. The molecule has 0 bridgehead atoms. The second-order valence-corrected chi connectivity index (χ2v) is 4.68. The lowest BCUT2D eigenvalue weighted by Crippen LogP contribution is -2.07. The molecule has 1 aromatic carbocycles. The van der Waals surface area contributed by atoms with E-state index in [2.05, 4.69) is 4.72 Å². The topological polar surface area (TPSA) is 66.4 Å². The minimum atomic E-state index is -1.21. The van der Waals surface area contributed by atoms with Gasteiger partial charge in [0.15, 0.2) is 0 Å². The van der Waals surface area contributed by atoms with Crippen molar-refractivity contribution in [2.75, 3.05) is 10.5 Å². The van der Waals surface area contributed by atoms with Crippen LogP contribution in [0.1, 0.15) is 17.3 Å². The monoisotopic (exact) mass is 247 g/mol. The summed E-state index contributed by atoms with van der Waals surface area (Å²) in [7, 11) is -1.21. The number of carboxylic acid groups (broad SMARTS) is 1. The van der Waals surface area contributed by atoms with Gasteiger partial charge in [0.1, 0.15) is 11.0 Å². The van der Waals surface area contributed by atoms with Crippen molar-refractivity contribution in [2.45, 2.75) is 6.92 Å². The number of carbonyl (C=O) groups is 1. The van der Waals surface area contributed by atoms with Crippen LogP contribution in [0.3, 0.4) is 0 Å². The predicted octanol–water partition coefficient (Wildman–Crippen LogP) is 2.13. The molecule has 0 aliphatic carbocycles. The van der Waals surface area contributed by atoms with E-state index in [9.17, 15) is 9.00 Å². The van der Waals surface area contributed by atoms with Crippen molar-refractivity contribution < 1.29 is 14.1 Å². The quantitative estimate of drug-likeness (QED) is 0.857. The van der Waals surface area contributed by atoms with Crippen LogP contribution in [0.4, 0.5) is 5.69 Å². The second-order valence-electron chi connectivity index (χ2n) is 2.77. The number of carboxylic acids is 1. The van der Waals surface area contributed by atoms with E-state index >= 15 is 0 Å². The van der Waals surface area contributed by atoms with E-state index in [1.54, 1.807) is 6.92 Å². The van der Waals surface area contributed by atoms with Crippen LogP contribution in [0, 0.1) is 0 Å². The Bertz CT molecular complexity index is 408. The largest absolute Gasteiger partial charge is 0.478 e. The van der Waals surface area contributed by atoms with Crippen LogP contribution in [0.2, 0.25) is 5.02 Å². The van der Waals surface area contributed by atoms with Crippen LogP contribution in [-0.4, -0.2) is 21.0 Å². The summed E-state index contributed by atoms with van der Waals surface area (Å²) >= 11 is 5.72. The third-order valence-corrected chi connectivity index (χ3v) is 2.84. The molecule has 0 saturated heterocycles. The van der Waals surface area contributed by atoms with Crippen molar-refractivity contribution in [3.8, 4) is 0 Å². The van der Waals surface area contributed by atoms with Gasteiger partial charge in [-0.2, -0.15) is 0 Å². The molecular weight excluding hydrogens is 238 g/mol. The fourth-order valence-corrected chi connectivity index (χ4v) is 1.74. The van der Waals surface area contributed by atoms with E-state index in [4.69, 9.17) is 16.7 Å². The van der Waals surface area contributed by atoms with E-state index in [0.29, 0.717) is 16.5 Å². The Hall–Kier alpha value is -1.07. The summed E-state index contributed by atoms with van der Waals surface area (Å²) < 4.78 is 13.8. The molecule has 1 atom stereocenters. The molecule has 82 valence electrons. The number of benzene rings is 1. The molecule has 0 aromatic heterocycles. The first kappa shape index (κ1) is 12.0. The summed E-state index contributed by atoms with van der Waals surface area (Å²) in [5.41, 5.74) is 0.512. The molecule has 0 spiro atoms. The molecule has 4 nitrogen and oxygen atoms in total. The van der Waals surface area contributed by atoms with Gasteiger partial charge in [-0.15, -0.1) is 0 Å². The van der Waals surface area contributed by atoms with Crippen molar-refractivity contribution in [1.82, 2.24) is 0 Å². The Morgan fingerprint density at radius 1 is 1.53 bits per heavy atom. The van der Waals surface area contributed by atoms with Gasteiger partial charge in [0.25, 0.3) is 0 Å². The van der Waals surface area contributed by atoms with Gasteiger partial charge >= 0.3 is 5.97 Å². The average Bonchev–Trinajstić information content (AvgIpc) is 2.16. The molecular formula is C9H10ClNO3S.